The van der Waals surface area contributed by atoms with Crippen LogP contribution in [0.4, 0.5) is 11.6 Å². The van der Waals surface area contributed by atoms with Crippen LogP contribution < -0.4 is 16.6 Å². The van der Waals surface area contributed by atoms with E-state index in [1.807, 2.05) is 24.4 Å². The van der Waals surface area contributed by atoms with Crippen LogP contribution in [0, 0.1) is 5.92 Å². The molecule has 0 aromatic carbocycles. The van der Waals surface area contributed by atoms with Crippen molar-refractivity contribution in [2.75, 3.05) is 17.3 Å². The summed E-state index contributed by atoms with van der Waals surface area (Å²) in [7, 11) is 0. The molecule has 98 valence electrons. The van der Waals surface area contributed by atoms with Crippen molar-refractivity contribution in [2.45, 2.75) is 19.9 Å². The van der Waals surface area contributed by atoms with Gasteiger partial charge in [0.1, 0.15) is 0 Å². The number of imidazole rings is 1. The summed E-state index contributed by atoms with van der Waals surface area (Å²) in [5.74, 6) is 6.79. The van der Waals surface area contributed by atoms with E-state index in [2.05, 4.69) is 20.7 Å². The van der Waals surface area contributed by atoms with E-state index in [0.717, 1.165) is 0 Å². The fraction of sp³-hybridized carbons (Fsp3) is 0.455. The average molecular weight is 250 g/mol. The third-order valence-electron chi connectivity index (χ3n) is 2.85. The summed E-state index contributed by atoms with van der Waals surface area (Å²) in [4.78, 5) is 8.55. The molecule has 0 bridgehead atoms. The number of aliphatic hydroxyl groups is 1. The fourth-order valence-corrected chi connectivity index (χ4v) is 1.70. The standard InChI is InChI=1S/C11H18N6O/c1-7(2)8(6-18)14-10-11-13-3-4-17(11)5-9(15-10)16-12/h3-5,7-8,16,18H,6,12H2,1-2H3,(H,14,15). The van der Waals surface area contributed by atoms with E-state index in [1.54, 1.807) is 12.4 Å². The van der Waals surface area contributed by atoms with E-state index in [9.17, 15) is 5.11 Å². The zero-order valence-electron chi connectivity index (χ0n) is 10.5. The fourth-order valence-electron chi connectivity index (χ4n) is 1.70. The SMILES string of the molecule is CC(C)C(CO)Nc1nc(NN)cn2ccnc12. The molecule has 0 saturated carbocycles. The summed E-state index contributed by atoms with van der Waals surface area (Å²) in [6, 6.07) is -0.0778. The minimum atomic E-state index is -0.0778. The maximum atomic E-state index is 9.35. The Morgan fingerprint density at radius 1 is 1.50 bits per heavy atom. The van der Waals surface area contributed by atoms with Gasteiger partial charge in [0.15, 0.2) is 17.3 Å². The van der Waals surface area contributed by atoms with Crippen molar-refractivity contribution in [1.29, 1.82) is 0 Å². The van der Waals surface area contributed by atoms with Crippen molar-refractivity contribution in [3.63, 3.8) is 0 Å². The third-order valence-corrected chi connectivity index (χ3v) is 2.85. The second-order valence-corrected chi connectivity index (χ2v) is 4.45. The van der Waals surface area contributed by atoms with Gasteiger partial charge in [-0.3, -0.25) is 0 Å². The van der Waals surface area contributed by atoms with E-state index in [1.165, 1.54) is 0 Å². The third kappa shape index (κ3) is 2.36. The molecular formula is C11H18N6O. The zero-order valence-corrected chi connectivity index (χ0v) is 10.5. The van der Waals surface area contributed by atoms with Crippen LogP contribution in [-0.4, -0.2) is 32.1 Å². The van der Waals surface area contributed by atoms with Gasteiger partial charge in [0.05, 0.1) is 18.8 Å². The Labute approximate surface area is 105 Å². The van der Waals surface area contributed by atoms with Crippen LogP contribution in [0.2, 0.25) is 0 Å². The number of rotatable bonds is 5. The first kappa shape index (κ1) is 12.6. The Balaban J connectivity index is 2.39. The molecule has 2 aromatic rings. The van der Waals surface area contributed by atoms with Crippen LogP contribution in [0.3, 0.4) is 0 Å². The van der Waals surface area contributed by atoms with Crippen LogP contribution in [0.15, 0.2) is 18.6 Å². The van der Waals surface area contributed by atoms with E-state index in [0.29, 0.717) is 17.3 Å². The number of nitrogens with one attached hydrogen (secondary N) is 2. The topological polar surface area (TPSA) is 100 Å². The molecule has 0 amide bonds. The van der Waals surface area contributed by atoms with Gasteiger partial charge in [-0.15, -0.1) is 0 Å². The number of aromatic nitrogens is 3. The smallest absolute Gasteiger partial charge is 0.180 e. The Bertz CT molecular complexity index is 523. The Kier molecular flexibility index (Phi) is 3.63. The minimum absolute atomic E-state index is 0.0342. The molecule has 7 nitrogen and oxygen atoms in total. The first-order valence-corrected chi connectivity index (χ1v) is 5.83. The van der Waals surface area contributed by atoms with Gasteiger partial charge in [-0.05, 0) is 5.92 Å². The summed E-state index contributed by atoms with van der Waals surface area (Å²) in [5, 5.41) is 12.5. The largest absolute Gasteiger partial charge is 0.394 e. The Hall–Kier alpha value is -1.86. The molecule has 0 saturated heterocycles. The molecule has 2 heterocycles. The zero-order chi connectivity index (χ0) is 13.1. The van der Waals surface area contributed by atoms with Crippen LogP contribution in [0.1, 0.15) is 13.8 Å². The number of nitrogens with two attached hydrogens (primary N) is 1. The lowest BCUT2D eigenvalue weighted by Gasteiger charge is -2.21. The van der Waals surface area contributed by atoms with Crippen molar-refractivity contribution >= 4 is 17.3 Å². The lowest BCUT2D eigenvalue weighted by atomic mass is 10.1. The number of hydrazine groups is 1. The second-order valence-electron chi connectivity index (χ2n) is 4.45. The second kappa shape index (κ2) is 5.19. The van der Waals surface area contributed by atoms with Crippen molar-refractivity contribution in [1.82, 2.24) is 14.4 Å². The normalized spacial score (nSPS) is 12.9. The molecule has 0 spiro atoms. The van der Waals surface area contributed by atoms with E-state index < -0.39 is 0 Å². The number of aliphatic hydroxyl groups excluding tert-OH is 1. The number of nitrogen functional groups attached to an aromatic ring is 1. The molecule has 2 aromatic heterocycles. The quantitative estimate of drug-likeness (QED) is 0.454. The Morgan fingerprint density at radius 3 is 2.89 bits per heavy atom. The lowest BCUT2D eigenvalue weighted by molar-refractivity contribution is 0.249. The van der Waals surface area contributed by atoms with Crippen molar-refractivity contribution < 1.29 is 5.11 Å². The van der Waals surface area contributed by atoms with E-state index >= 15 is 0 Å². The first-order valence-electron chi connectivity index (χ1n) is 5.83. The molecule has 0 aliphatic heterocycles. The predicted molar refractivity (Wildman–Crippen MR) is 70.1 cm³/mol. The van der Waals surface area contributed by atoms with Gasteiger partial charge < -0.3 is 20.2 Å². The van der Waals surface area contributed by atoms with Crippen molar-refractivity contribution in [3.05, 3.63) is 18.6 Å². The highest BCUT2D eigenvalue weighted by Gasteiger charge is 2.15. The van der Waals surface area contributed by atoms with Crippen LogP contribution in [-0.2, 0) is 0 Å². The minimum Gasteiger partial charge on any atom is -0.394 e. The molecule has 18 heavy (non-hydrogen) atoms. The van der Waals surface area contributed by atoms with Crippen LogP contribution in [0.5, 0.6) is 0 Å². The number of hydrogen-bond donors (Lipinski definition) is 4. The molecule has 0 aliphatic carbocycles. The molecule has 0 fully saturated rings. The molecular weight excluding hydrogens is 232 g/mol. The average Bonchev–Trinajstić information content (AvgIpc) is 2.83. The highest BCUT2D eigenvalue weighted by molar-refractivity contribution is 5.65. The summed E-state index contributed by atoms with van der Waals surface area (Å²) < 4.78 is 1.82. The van der Waals surface area contributed by atoms with E-state index in [-0.39, 0.29) is 18.6 Å². The van der Waals surface area contributed by atoms with Gasteiger partial charge in [0.2, 0.25) is 0 Å². The maximum absolute atomic E-state index is 9.35. The molecule has 7 heteroatoms. The molecule has 0 radical (unpaired) electrons. The summed E-state index contributed by atoms with van der Waals surface area (Å²) in [5.41, 5.74) is 3.21. The van der Waals surface area contributed by atoms with Gasteiger partial charge in [0, 0.05) is 12.4 Å². The lowest BCUT2D eigenvalue weighted by Crippen LogP contribution is -2.30. The summed E-state index contributed by atoms with van der Waals surface area (Å²) in [6.07, 6.45) is 5.25. The van der Waals surface area contributed by atoms with Crippen molar-refractivity contribution in [3.8, 4) is 0 Å². The molecule has 1 unspecified atom stereocenters. The van der Waals surface area contributed by atoms with Gasteiger partial charge in [0.25, 0.3) is 0 Å². The van der Waals surface area contributed by atoms with Crippen LogP contribution in [0.25, 0.3) is 5.65 Å². The molecule has 0 aliphatic rings. The molecule has 2 rings (SSSR count). The Morgan fingerprint density at radius 2 is 2.28 bits per heavy atom. The monoisotopic (exact) mass is 250 g/mol. The number of fused-ring (bicyclic) bond motifs is 1. The maximum Gasteiger partial charge on any atom is 0.180 e. The van der Waals surface area contributed by atoms with Gasteiger partial charge in [-0.25, -0.2) is 15.8 Å². The summed E-state index contributed by atoms with van der Waals surface area (Å²) >= 11 is 0. The number of hydrogen-bond acceptors (Lipinski definition) is 6. The van der Waals surface area contributed by atoms with Gasteiger partial charge >= 0.3 is 0 Å². The number of nitrogens with zero attached hydrogens (tertiary/aromatic N) is 3. The summed E-state index contributed by atoms with van der Waals surface area (Å²) in [6.45, 7) is 4.09. The van der Waals surface area contributed by atoms with Crippen molar-refractivity contribution in [2.24, 2.45) is 11.8 Å². The number of anilines is 2. The van der Waals surface area contributed by atoms with E-state index in [4.69, 9.17) is 5.84 Å². The molecule has 5 N–H and O–H groups in total. The highest BCUT2D eigenvalue weighted by Crippen LogP contribution is 2.18. The predicted octanol–water partition coefficient (Wildman–Crippen LogP) is 0.444. The van der Waals surface area contributed by atoms with Gasteiger partial charge in [-0.1, -0.05) is 13.8 Å². The highest BCUT2D eigenvalue weighted by atomic mass is 16.3. The van der Waals surface area contributed by atoms with Gasteiger partial charge in [-0.2, -0.15) is 0 Å². The first-order chi connectivity index (χ1) is 8.65. The molecule has 1 atom stereocenters. The van der Waals surface area contributed by atoms with Crippen LogP contribution >= 0.6 is 0 Å².